The molecule has 2 aromatic carbocycles. The van der Waals surface area contributed by atoms with Crippen molar-refractivity contribution in [1.29, 1.82) is 0 Å². The summed E-state index contributed by atoms with van der Waals surface area (Å²) in [5.74, 6) is 0.909. The van der Waals surface area contributed by atoms with E-state index in [9.17, 15) is 8.42 Å². The number of aryl methyl sites for hydroxylation is 1. The highest BCUT2D eigenvalue weighted by atomic mass is 35.5. The molecule has 0 saturated carbocycles. The molecule has 0 amide bonds. The van der Waals surface area contributed by atoms with Gasteiger partial charge in [0.2, 0.25) is 21.7 Å². The van der Waals surface area contributed by atoms with Crippen molar-refractivity contribution in [3.63, 3.8) is 0 Å². The molecule has 1 heterocycles. The maximum absolute atomic E-state index is 13.4. The molecule has 0 N–H and O–H groups in total. The first-order valence-corrected chi connectivity index (χ1v) is 11.3. The second-order valence-corrected chi connectivity index (χ2v) is 9.71. The summed E-state index contributed by atoms with van der Waals surface area (Å²) >= 11 is 6.05. The second-order valence-electron chi connectivity index (χ2n) is 7.36. The Morgan fingerprint density at radius 1 is 1.17 bits per heavy atom. The molecule has 0 aliphatic rings. The van der Waals surface area contributed by atoms with E-state index in [1.807, 2.05) is 45.0 Å². The first-order valence-electron chi connectivity index (χ1n) is 9.44. The molecule has 0 fully saturated rings. The lowest BCUT2D eigenvalue weighted by molar-refractivity contribution is 0.297. The molecule has 160 valence electrons. The Balaban J connectivity index is 1.94. The predicted molar refractivity (Wildman–Crippen MR) is 115 cm³/mol. The molecule has 9 heteroatoms. The zero-order valence-electron chi connectivity index (χ0n) is 17.3. The lowest BCUT2D eigenvalue weighted by Gasteiger charge is -2.23. The van der Waals surface area contributed by atoms with Crippen molar-refractivity contribution in [3.8, 4) is 17.1 Å². The molecule has 0 aliphatic heterocycles. The van der Waals surface area contributed by atoms with Crippen LogP contribution in [0, 0.1) is 12.8 Å². The number of sulfonamides is 1. The molecule has 0 radical (unpaired) electrons. The molecule has 3 rings (SSSR count). The van der Waals surface area contributed by atoms with Crippen LogP contribution in [0.5, 0.6) is 5.75 Å². The first-order chi connectivity index (χ1) is 14.2. The van der Waals surface area contributed by atoms with Gasteiger partial charge in [0.25, 0.3) is 0 Å². The average Bonchev–Trinajstić information content (AvgIpc) is 3.16. The van der Waals surface area contributed by atoms with Crippen LogP contribution < -0.4 is 4.74 Å². The van der Waals surface area contributed by atoms with Gasteiger partial charge >= 0.3 is 0 Å². The van der Waals surface area contributed by atoms with Crippen molar-refractivity contribution in [3.05, 3.63) is 58.9 Å². The maximum Gasteiger partial charge on any atom is 0.247 e. The standard InChI is InChI=1S/C21H24ClN3O4S/c1-14(2)12-25(30(26,27)19-11-17(22)9-10-18(19)28-4)13-20-23-21(24-29-20)16-7-5-15(3)6-8-16/h5-11,14H,12-13H2,1-4H3. The lowest BCUT2D eigenvalue weighted by atomic mass is 10.1. The molecule has 3 aromatic rings. The smallest absolute Gasteiger partial charge is 0.247 e. The molecule has 0 aliphatic carbocycles. The molecular weight excluding hydrogens is 426 g/mol. The van der Waals surface area contributed by atoms with Gasteiger partial charge in [-0.2, -0.15) is 9.29 Å². The number of ether oxygens (including phenoxy) is 1. The predicted octanol–water partition coefficient (Wildman–Crippen LogP) is 4.55. The number of aromatic nitrogens is 2. The summed E-state index contributed by atoms with van der Waals surface area (Å²) in [6.07, 6.45) is 0. The van der Waals surface area contributed by atoms with Crippen LogP contribution in [0.4, 0.5) is 0 Å². The summed E-state index contributed by atoms with van der Waals surface area (Å²) in [5.41, 5.74) is 1.91. The lowest BCUT2D eigenvalue weighted by Crippen LogP contribution is -2.34. The number of hydrogen-bond acceptors (Lipinski definition) is 6. The van der Waals surface area contributed by atoms with Gasteiger partial charge < -0.3 is 9.26 Å². The zero-order chi connectivity index (χ0) is 21.9. The van der Waals surface area contributed by atoms with Crippen LogP contribution in [-0.2, 0) is 16.6 Å². The van der Waals surface area contributed by atoms with Gasteiger partial charge in [-0.25, -0.2) is 8.42 Å². The van der Waals surface area contributed by atoms with Gasteiger partial charge in [0.15, 0.2) is 0 Å². The Hall–Kier alpha value is -2.42. The van der Waals surface area contributed by atoms with Gasteiger partial charge in [0.05, 0.1) is 13.7 Å². The van der Waals surface area contributed by atoms with Gasteiger partial charge in [-0.05, 0) is 31.0 Å². The Bertz CT molecular complexity index is 1110. The van der Waals surface area contributed by atoms with Crippen molar-refractivity contribution >= 4 is 21.6 Å². The summed E-state index contributed by atoms with van der Waals surface area (Å²) in [6.45, 7) is 6.06. The van der Waals surface area contributed by atoms with Crippen LogP contribution >= 0.6 is 11.6 Å². The Morgan fingerprint density at radius 3 is 2.50 bits per heavy atom. The largest absolute Gasteiger partial charge is 0.495 e. The molecule has 7 nitrogen and oxygen atoms in total. The van der Waals surface area contributed by atoms with Gasteiger partial charge in [0.1, 0.15) is 10.6 Å². The Morgan fingerprint density at radius 2 is 1.87 bits per heavy atom. The van der Waals surface area contributed by atoms with Gasteiger partial charge in [0, 0.05) is 17.1 Å². The quantitative estimate of drug-likeness (QED) is 0.501. The fourth-order valence-corrected chi connectivity index (χ4v) is 4.91. The zero-order valence-corrected chi connectivity index (χ0v) is 18.9. The number of rotatable bonds is 8. The van der Waals surface area contributed by atoms with E-state index in [0.717, 1.165) is 11.1 Å². The first kappa shape index (κ1) is 22.3. The number of benzene rings is 2. The molecule has 0 bridgehead atoms. The highest BCUT2D eigenvalue weighted by molar-refractivity contribution is 7.89. The number of halogens is 1. The fraction of sp³-hybridized carbons (Fsp3) is 0.333. The van der Waals surface area contributed by atoms with Crippen molar-refractivity contribution in [1.82, 2.24) is 14.4 Å². The van der Waals surface area contributed by atoms with E-state index in [-0.39, 0.29) is 35.5 Å². The van der Waals surface area contributed by atoms with E-state index >= 15 is 0 Å². The topological polar surface area (TPSA) is 85.5 Å². The van der Waals surface area contributed by atoms with Crippen molar-refractivity contribution in [2.75, 3.05) is 13.7 Å². The van der Waals surface area contributed by atoms with Crippen LogP contribution in [0.25, 0.3) is 11.4 Å². The van der Waals surface area contributed by atoms with E-state index in [1.54, 1.807) is 6.07 Å². The minimum Gasteiger partial charge on any atom is -0.495 e. The fourth-order valence-electron chi connectivity index (χ4n) is 2.94. The molecule has 0 unspecified atom stereocenters. The summed E-state index contributed by atoms with van der Waals surface area (Å²) in [4.78, 5) is 4.38. The van der Waals surface area contributed by atoms with Crippen molar-refractivity contribution < 1.29 is 17.7 Å². The monoisotopic (exact) mass is 449 g/mol. The van der Waals surface area contributed by atoms with Crippen molar-refractivity contribution in [2.45, 2.75) is 32.2 Å². The van der Waals surface area contributed by atoms with E-state index in [1.165, 1.54) is 23.5 Å². The van der Waals surface area contributed by atoms with Crippen LogP contribution in [0.2, 0.25) is 5.02 Å². The normalized spacial score (nSPS) is 12.0. The summed E-state index contributed by atoms with van der Waals surface area (Å²) < 4.78 is 38.7. The molecule has 0 spiro atoms. The molecule has 0 atom stereocenters. The van der Waals surface area contributed by atoms with E-state index in [0.29, 0.717) is 10.8 Å². The molecule has 1 aromatic heterocycles. The molecular formula is C21H24ClN3O4S. The minimum atomic E-state index is -3.92. The van der Waals surface area contributed by atoms with Crippen molar-refractivity contribution in [2.24, 2.45) is 5.92 Å². The number of nitrogens with zero attached hydrogens (tertiary/aromatic N) is 3. The Labute approximate surface area is 181 Å². The van der Waals surface area contributed by atoms with Gasteiger partial charge in [-0.3, -0.25) is 0 Å². The summed E-state index contributed by atoms with van der Waals surface area (Å²) in [6, 6.07) is 12.2. The third-order valence-electron chi connectivity index (χ3n) is 4.40. The van der Waals surface area contributed by atoms with Gasteiger partial charge in [-0.15, -0.1) is 0 Å². The second kappa shape index (κ2) is 9.16. The summed E-state index contributed by atoms with van der Waals surface area (Å²) in [5, 5.41) is 4.30. The highest BCUT2D eigenvalue weighted by Crippen LogP contribution is 2.31. The van der Waals surface area contributed by atoms with E-state index in [2.05, 4.69) is 10.1 Å². The van der Waals surface area contributed by atoms with Crippen LogP contribution in [-0.4, -0.2) is 36.5 Å². The third kappa shape index (κ3) is 5.00. The Kier molecular flexibility index (Phi) is 6.80. The molecule has 0 saturated heterocycles. The van der Waals surface area contributed by atoms with Crippen LogP contribution in [0.3, 0.4) is 0 Å². The third-order valence-corrected chi connectivity index (χ3v) is 6.47. The van der Waals surface area contributed by atoms with Gasteiger partial charge in [-0.1, -0.05) is 60.4 Å². The number of methoxy groups -OCH3 is 1. The average molecular weight is 450 g/mol. The van der Waals surface area contributed by atoms with E-state index < -0.39 is 10.0 Å². The highest BCUT2D eigenvalue weighted by Gasteiger charge is 2.30. The minimum absolute atomic E-state index is 0.00331. The van der Waals surface area contributed by atoms with Crippen LogP contribution in [0.1, 0.15) is 25.3 Å². The van der Waals surface area contributed by atoms with Crippen LogP contribution in [0.15, 0.2) is 51.9 Å². The molecule has 30 heavy (non-hydrogen) atoms. The SMILES string of the molecule is COc1ccc(Cl)cc1S(=O)(=O)N(Cc1nc(-c2ccc(C)cc2)no1)CC(C)C. The summed E-state index contributed by atoms with van der Waals surface area (Å²) in [7, 11) is -2.51. The van der Waals surface area contributed by atoms with E-state index in [4.69, 9.17) is 20.9 Å². The maximum atomic E-state index is 13.4. The number of hydrogen-bond donors (Lipinski definition) is 0.